The lowest BCUT2D eigenvalue weighted by Gasteiger charge is -2.29. The van der Waals surface area contributed by atoms with Gasteiger partial charge < -0.3 is 4.90 Å². The molecule has 0 amide bonds. The number of hydrogen-bond acceptors (Lipinski definition) is 1. The van der Waals surface area contributed by atoms with Gasteiger partial charge in [-0.05, 0) is 44.4 Å². The fourth-order valence-electron chi connectivity index (χ4n) is 3.59. The Labute approximate surface area is 136 Å². The first-order valence-electron chi connectivity index (χ1n) is 9.07. The highest BCUT2D eigenvalue weighted by molar-refractivity contribution is 5.32. The first kappa shape index (κ1) is 17.3. The predicted octanol–water partition coefficient (Wildman–Crippen LogP) is 6.00. The van der Waals surface area contributed by atoms with E-state index < -0.39 is 0 Å². The second kappa shape index (κ2) is 8.55. The highest BCUT2D eigenvalue weighted by Gasteiger charge is 2.19. The zero-order valence-corrected chi connectivity index (χ0v) is 14.6. The van der Waals surface area contributed by atoms with E-state index in [2.05, 4.69) is 30.9 Å². The van der Waals surface area contributed by atoms with Crippen LogP contribution in [0.15, 0.2) is 35.3 Å². The number of nitrogens with zero attached hydrogens (tertiary/aromatic N) is 1. The molecule has 2 rings (SSSR count). The Morgan fingerprint density at radius 1 is 1.27 bits per heavy atom. The van der Waals surface area contributed by atoms with Crippen molar-refractivity contribution in [2.24, 2.45) is 11.8 Å². The van der Waals surface area contributed by atoms with Gasteiger partial charge in [0.2, 0.25) is 0 Å². The van der Waals surface area contributed by atoms with Gasteiger partial charge in [-0.1, -0.05) is 56.4 Å². The van der Waals surface area contributed by atoms with Gasteiger partial charge in [-0.2, -0.15) is 0 Å². The van der Waals surface area contributed by atoms with Crippen LogP contribution < -0.4 is 0 Å². The maximum absolute atomic E-state index is 13.8. The van der Waals surface area contributed by atoms with E-state index in [0.717, 1.165) is 25.4 Å². The van der Waals surface area contributed by atoms with Gasteiger partial charge in [0.25, 0.3) is 0 Å². The lowest BCUT2D eigenvalue weighted by Crippen LogP contribution is -2.28. The Bertz CT molecular complexity index is 441. The minimum absolute atomic E-state index is 0.0126. The summed E-state index contributed by atoms with van der Waals surface area (Å²) < 4.78 is 13.8. The summed E-state index contributed by atoms with van der Waals surface area (Å²) in [6.45, 7) is 8.34. The predicted molar refractivity (Wildman–Crippen MR) is 93.3 cm³/mol. The Morgan fingerprint density at radius 3 is 2.59 bits per heavy atom. The molecule has 1 nitrogen and oxygen atoms in total. The summed E-state index contributed by atoms with van der Waals surface area (Å²) in [5, 5.41) is 0. The van der Waals surface area contributed by atoms with Crippen LogP contribution in [-0.4, -0.2) is 18.0 Å². The minimum atomic E-state index is 0.0126. The van der Waals surface area contributed by atoms with Crippen molar-refractivity contribution in [3.8, 4) is 0 Å². The largest absolute Gasteiger partial charge is 0.375 e. The monoisotopic (exact) mass is 305 g/mol. The molecule has 0 aromatic heterocycles. The van der Waals surface area contributed by atoms with E-state index in [9.17, 15) is 4.39 Å². The summed E-state index contributed by atoms with van der Waals surface area (Å²) in [6, 6.07) is 0. The summed E-state index contributed by atoms with van der Waals surface area (Å²) >= 11 is 0. The van der Waals surface area contributed by atoms with Crippen molar-refractivity contribution in [3.63, 3.8) is 0 Å². The van der Waals surface area contributed by atoms with Crippen LogP contribution in [-0.2, 0) is 0 Å². The number of allylic oxidation sites excluding steroid dienone is 4. The molecule has 0 bridgehead atoms. The van der Waals surface area contributed by atoms with E-state index in [0.29, 0.717) is 12.3 Å². The SMILES string of the molecule is CC/C(F)=C/N(CCC1=CC=C(C)[C@@H]1C)CC1CCCCC1. The van der Waals surface area contributed by atoms with E-state index in [-0.39, 0.29) is 5.83 Å². The van der Waals surface area contributed by atoms with Crippen molar-refractivity contribution in [1.29, 1.82) is 0 Å². The highest BCUT2D eigenvalue weighted by atomic mass is 19.1. The first-order chi connectivity index (χ1) is 10.6. The first-order valence-corrected chi connectivity index (χ1v) is 9.07. The van der Waals surface area contributed by atoms with E-state index in [1.54, 1.807) is 6.20 Å². The summed E-state index contributed by atoms with van der Waals surface area (Å²) in [5.41, 5.74) is 2.94. The quantitative estimate of drug-likeness (QED) is 0.557. The Balaban J connectivity index is 1.90. The molecular weight excluding hydrogens is 273 g/mol. The van der Waals surface area contributed by atoms with Crippen molar-refractivity contribution >= 4 is 0 Å². The summed E-state index contributed by atoms with van der Waals surface area (Å²) in [5.74, 6) is 1.33. The third-order valence-corrected chi connectivity index (χ3v) is 5.37. The van der Waals surface area contributed by atoms with Gasteiger partial charge in [-0.15, -0.1) is 0 Å². The molecular formula is C20H32FN. The maximum atomic E-state index is 13.8. The smallest absolute Gasteiger partial charge is 0.115 e. The van der Waals surface area contributed by atoms with Gasteiger partial charge in [0.1, 0.15) is 5.83 Å². The molecule has 2 aliphatic carbocycles. The minimum Gasteiger partial charge on any atom is -0.375 e. The molecule has 0 radical (unpaired) electrons. The van der Waals surface area contributed by atoms with Crippen LogP contribution >= 0.6 is 0 Å². The summed E-state index contributed by atoms with van der Waals surface area (Å²) in [4.78, 5) is 2.25. The Hall–Kier alpha value is -1.05. The van der Waals surface area contributed by atoms with Gasteiger partial charge in [-0.3, -0.25) is 0 Å². The van der Waals surface area contributed by atoms with Gasteiger partial charge in [0.15, 0.2) is 0 Å². The number of hydrogen-bond donors (Lipinski definition) is 0. The second-order valence-corrected chi connectivity index (χ2v) is 7.05. The third kappa shape index (κ3) is 5.00. The van der Waals surface area contributed by atoms with E-state index in [1.165, 1.54) is 43.3 Å². The van der Waals surface area contributed by atoms with Crippen molar-refractivity contribution in [3.05, 3.63) is 35.3 Å². The van der Waals surface area contributed by atoms with Crippen LogP contribution in [0.4, 0.5) is 4.39 Å². The standard InChI is InChI=1S/C20H32FN/c1-4-20(21)15-22(14-18-8-6-5-7-9-18)13-12-19-11-10-16(2)17(19)3/h10-11,15,17-18H,4-9,12-14H2,1-3H3/b20-15-/t17-/m0/s1. The zero-order valence-electron chi connectivity index (χ0n) is 14.6. The molecule has 1 fully saturated rings. The van der Waals surface area contributed by atoms with Gasteiger partial charge in [-0.25, -0.2) is 4.39 Å². The molecule has 0 aromatic rings. The maximum Gasteiger partial charge on any atom is 0.115 e. The lowest BCUT2D eigenvalue weighted by molar-refractivity contribution is 0.251. The molecule has 1 atom stereocenters. The molecule has 0 spiro atoms. The van der Waals surface area contributed by atoms with Crippen LogP contribution in [0.5, 0.6) is 0 Å². The average Bonchev–Trinajstić information content (AvgIpc) is 2.85. The normalized spacial score (nSPS) is 23.5. The molecule has 2 heteroatoms. The van der Waals surface area contributed by atoms with Gasteiger partial charge in [0, 0.05) is 19.3 Å². The zero-order chi connectivity index (χ0) is 15.9. The fraction of sp³-hybridized carbons (Fsp3) is 0.700. The second-order valence-electron chi connectivity index (χ2n) is 7.05. The lowest BCUT2D eigenvalue weighted by atomic mass is 9.89. The van der Waals surface area contributed by atoms with E-state index in [1.807, 2.05) is 6.92 Å². The Kier molecular flexibility index (Phi) is 6.72. The molecule has 1 saturated carbocycles. The van der Waals surface area contributed by atoms with Crippen molar-refractivity contribution in [2.45, 2.75) is 65.7 Å². The molecule has 0 aromatic carbocycles. The Morgan fingerprint density at radius 2 is 2.00 bits per heavy atom. The van der Waals surface area contributed by atoms with Crippen LogP contribution in [0.1, 0.15) is 65.7 Å². The van der Waals surface area contributed by atoms with Crippen molar-refractivity contribution in [1.82, 2.24) is 4.90 Å². The highest BCUT2D eigenvalue weighted by Crippen LogP contribution is 2.29. The molecule has 0 heterocycles. The van der Waals surface area contributed by atoms with E-state index in [4.69, 9.17) is 0 Å². The van der Waals surface area contributed by atoms with Crippen LogP contribution in [0.3, 0.4) is 0 Å². The molecule has 22 heavy (non-hydrogen) atoms. The molecule has 2 aliphatic rings. The molecule has 0 unspecified atom stereocenters. The van der Waals surface area contributed by atoms with Crippen LogP contribution in [0.25, 0.3) is 0 Å². The van der Waals surface area contributed by atoms with Crippen LogP contribution in [0.2, 0.25) is 0 Å². The van der Waals surface area contributed by atoms with E-state index >= 15 is 0 Å². The van der Waals surface area contributed by atoms with Crippen molar-refractivity contribution in [2.75, 3.05) is 13.1 Å². The molecule has 124 valence electrons. The summed E-state index contributed by atoms with van der Waals surface area (Å²) in [6.07, 6.45) is 14.5. The van der Waals surface area contributed by atoms with Crippen molar-refractivity contribution < 1.29 is 4.39 Å². The number of halogens is 1. The third-order valence-electron chi connectivity index (χ3n) is 5.37. The molecule has 0 saturated heterocycles. The average molecular weight is 305 g/mol. The van der Waals surface area contributed by atoms with Gasteiger partial charge in [0.05, 0.1) is 0 Å². The summed E-state index contributed by atoms with van der Waals surface area (Å²) in [7, 11) is 0. The molecule has 0 N–H and O–H groups in total. The molecule has 0 aliphatic heterocycles. The topological polar surface area (TPSA) is 3.24 Å². The van der Waals surface area contributed by atoms with Gasteiger partial charge >= 0.3 is 0 Å². The number of rotatable bonds is 7. The fourth-order valence-corrected chi connectivity index (χ4v) is 3.59. The van der Waals surface area contributed by atoms with Crippen LogP contribution in [0, 0.1) is 11.8 Å².